The summed E-state index contributed by atoms with van der Waals surface area (Å²) in [5.41, 5.74) is 0.538. The Hall–Kier alpha value is -3.57. The van der Waals surface area contributed by atoms with Gasteiger partial charge in [-0.1, -0.05) is 24.3 Å². The van der Waals surface area contributed by atoms with Crippen LogP contribution in [0.3, 0.4) is 0 Å². The predicted octanol–water partition coefficient (Wildman–Crippen LogP) is 4.05. The second-order valence-corrected chi connectivity index (χ2v) is 9.24. The SMILES string of the molecule is COc1ccc(CNC(=O)c2ccc([C@H]3Nc4cc(C(F)(F)F)ccc4S(=O)(=O)N3)cc2)cc1. The molecule has 0 unspecified atom stereocenters. The summed E-state index contributed by atoms with van der Waals surface area (Å²) >= 11 is 0. The molecule has 1 amide bonds. The van der Waals surface area contributed by atoms with E-state index in [1.165, 1.54) is 24.3 Å². The second kappa shape index (κ2) is 8.99. The van der Waals surface area contributed by atoms with Crippen LogP contribution in [-0.2, 0) is 22.7 Å². The minimum atomic E-state index is -4.61. The molecule has 4 rings (SSSR count). The summed E-state index contributed by atoms with van der Waals surface area (Å²) < 4.78 is 71.8. The zero-order valence-electron chi connectivity index (χ0n) is 17.8. The third-order valence-corrected chi connectivity index (χ3v) is 6.77. The number of hydrogen-bond donors (Lipinski definition) is 3. The first kappa shape index (κ1) is 23.6. The Morgan fingerprint density at radius 3 is 2.32 bits per heavy atom. The quantitative estimate of drug-likeness (QED) is 0.501. The van der Waals surface area contributed by atoms with Crippen molar-refractivity contribution in [2.24, 2.45) is 0 Å². The second-order valence-electron chi connectivity index (χ2n) is 7.56. The summed E-state index contributed by atoms with van der Waals surface area (Å²) in [6.45, 7) is 0.298. The molecule has 1 atom stereocenters. The van der Waals surface area contributed by atoms with Crippen molar-refractivity contribution in [1.29, 1.82) is 0 Å². The molecule has 0 bridgehead atoms. The van der Waals surface area contributed by atoms with E-state index in [2.05, 4.69) is 15.4 Å². The Bertz CT molecular complexity index is 1310. The van der Waals surface area contributed by atoms with Gasteiger partial charge in [-0.05, 0) is 53.6 Å². The van der Waals surface area contributed by atoms with Crippen LogP contribution in [0.15, 0.2) is 71.6 Å². The van der Waals surface area contributed by atoms with E-state index in [-0.39, 0.29) is 16.5 Å². The van der Waals surface area contributed by atoms with E-state index < -0.39 is 27.9 Å². The average Bonchev–Trinajstić information content (AvgIpc) is 2.81. The molecule has 7 nitrogen and oxygen atoms in total. The number of ether oxygens (including phenoxy) is 1. The van der Waals surface area contributed by atoms with E-state index in [1.54, 1.807) is 19.2 Å². The highest BCUT2D eigenvalue weighted by Gasteiger charge is 2.35. The number of nitrogens with one attached hydrogen (secondary N) is 3. The number of benzene rings is 3. The maximum atomic E-state index is 13.1. The zero-order valence-corrected chi connectivity index (χ0v) is 18.6. The summed E-state index contributed by atoms with van der Waals surface area (Å²) in [7, 11) is -2.48. The minimum Gasteiger partial charge on any atom is -0.497 e. The molecule has 34 heavy (non-hydrogen) atoms. The summed E-state index contributed by atoms with van der Waals surface area (Å²) in [6.07, 6.45) is -5.61. The molecule has 3 aromatic rings. The summed E-state index contributed by atoms with van der Waals surface area (Å²) in [6, 6.07) is 15.7. The Morgan fingerprint density at radius 2 is 1.71 bits per heavy atom. The fourth-order valence-corrected chi connectivity index (χ4v) is 4.75. The van der Waals surface area contributed by atoms with Crippen LogP contribution < -0.4 is 20.1 Å². The largest absolute Gasteiger partial charge is 0.497 e. The fraction of sp³-hybridized carbons (Fsp3) is 0.174. The van der Waals surface area contributed by atoms with Crippen LogP contribution >= 0.6 is 0 Å². The Balaban J connectivity index is 1.47. The number of anilines is 1. The van der Waals surface area contributed by atoms with E-state index in [1.807, 2.05) is 12.1 Å². The van der Waals surface area contributed by atoms with Crippen LogP contribution in [-0.4, -0.2) is 21.4 Å². The lowest BCUT2D eigenvalue weighted by molar-refractivity contribution is -0.137. The summed E-state index contributed by atoms with van der Waals surface area (Å²) in [4.78, 5) is 12.2. The molecule has 1 aliphatic heterocycles. The fourth-order valence-electron chi connectivity index (χ4n) is 3.46. The molecule has 0 spiro atoms. The lowest BCUT2D eigenvalue weighted by atomic mass is 10.1. The minimum absolute atomic E-state index is 0.153. The van der Waals surface area contributed by atoms with Crippen molar-refractivity contribution in [3.05, 3.63) is 89.0 Å². The topological polar surface area (TPSA) is 96.5 Å². The molecule has 3 N–H and O–H groups in total. The van der Waals surface area contributed by atoms with E-state index >= 15 is 0 Å². The molecule has 0 aromatic heterocycles. The molecule has 0 aliphatic carbocycles. The van der Waals surface area contributed by atoms with Gasteiger partial charge >= 0.3 is 6.18 Å². The molecule has 11 heteroatoms. The smallest absolute Gasteiger partial charge is 0.416 e. The number of halogens is 3. The first-order valence-corrected chi connectivity index (χ1v) is 11.6. The zero-order chi connectivity index (χ0) is 24.5. The lowest BCUT2D eigenvalue weighted by Gasteiger charge is -2.29. The number of carbonyl (C=O) groups is 1. The number of hydrogen-bond acceptors (Lipinski definition) is 5. The third-order valence-electron chi connectivity index (χ3n) is 5.29. The third kappa shape index (κ3) is 5.00. The first-order valence-electron chi connectivity index (χ1n) is 10.1. The van der Waals surface area contributed by atoms with E-state index in [9.17, 15) is 26.4 Å². The molecular formula is C23H20F3N3O4S. The van der Waals surface area contributed by atoms with Gasteiger partial charge in [0.25, 0.3) is 5.91 Å². The standard InChI is InChI=1S/C23H20F3N3O4S/c1-33-18-9-2-14(3-10-18)13-27-22(30)16-6-4-15(5-7-16)21-28-19-12-17(23(24,25)26)8-11-20(19)34(31,32)29-21/h2-12,21,28-29H,13H2,1H3,(H,27,30)/t21-/m0/s1. The van der Waals surface area contributed by atoms with Crippen molar-refractivity contribution >= 4 is 21.6 Å². The van der Waals surface area contributed by atoms with Crippen molar-refractivity contribution in [2.45, 2.75) is 23.8 Å². The van der Waals surface area contributed by atoms with Crippen molar-refractivity contribution in [3.63, 3.8) is 0 Å². The van der Waals surface area contributed by atoms with Crippen molar-refractivity contribution in [3.8, 4) is 5.75 Å². The molecule has 1 aliphatic rings. The van der Waals surface area contributed by atoms with Crippen LogP contribution in [0, 0.1) is 0 Å². The van der Waals surface area contributed by atoms with Gasteiger partial charge in [0.15, 0.2) is 0 Å². The van der Waals surface area contributed by atoms with Gasteiger partial charge in [-0.25, -0.2) is 8.42 Å². The Labute approximate surface area is 194 Å². The maximum absolute atomic E-state index is 13.1. The number of rotatable bonds is 5. The van der Waals surface area contributed by atoms with Crippen molar-refractivity contribution in [2.75, 3.05) is 12.4 Å². The highest BCUT2D eigenvalue weighted by atomic mass is 32.2. The number of carbonyl (C=O) groups excluding carboxylic acids is 1. The number of alkyl halides is 3. The number of fused-ring (bicyclic) bond motifs is 1. The predicted molar refractivity (Wildman–Crippen MR) is 119 cm³/mol. The highest BCUT2D eigenvalue weighted by molar-refractivity contribution is 7.89. The Morgan fingerprint density at radius 1 is 1.03 bits per heavy atom. The van der Waals surface area contributed by atoms with Gasteiger partial charge in [0.1, 0.15) is 16.8 Å². The van der Waals surface area contributed by atoms with E-state index in [4.69, 9.17) is 4.74 Å². The molecule has 1 heterocycles. The number of methoxy groups -OCH3 is 1. The first-order chi connectivity index (χ1) is 16.1. The van der Waals surface area contributed by atoms with Crippen LogP contribution in [0.1, 0.15) is 33.2 Å². The molecule has 0 radical (unpaired) electrons. The van der Waals surface area contributed by atoms with E-state index in [0.29, 0.717) is 23.4 Å². The molecule has 0 saturated carbocycles. The molecular weight excluding hydrogens is 471 g/mol. The van der Waals surface area contributed by atoms with E-state index in [0.717, 1.165) is 23.8 Å². The molecule has 178 valence electrons. The average molecular weight is 491 g/mol. The Kier molecular flexibility index (Phi) is 6.24. The summed E-state index contributed by atoms with van der Waals surface area (Å²) in [5.74, 6) is 0.370. The van der Waals surface area contributed by atoms with Crippen molar-refractivity contribution in [1.82, 2.24) is 10.0 Å². The lowest BCUT2D eigenvalue weighted by Crippen LogP contribution is -2.38. The molecule has 0 fully saturated rings. The van der Waals surface area contributed by atoms with Gasteiger partial charge < -0.3 is 15.4 Å². The van der Waals surface area contributed by atoms with Crippen molar-refractivity contribution < 1.29 is 31.1 Å². The highest BCUT2D eigenvalue weighted by Crippen LogP contribution is 2.37. The monoisotopic (exact) mass is 491 g/mol. The van der Waals surface area contributed by atoms with Gasteiger partial charge in [0.05, 0.1) is 18.4 Å². The number of amides is 1. The van der Waals surface area contributed by atoms with Gasteiger partial charge in [-0.2, -0.15) is 17.9 Å². The van der Waals surface area contributed by atoms with Gasteiger partial charge in [0, 0.05) is 12.1 Å². The van der Waals surface area contributed by atoms with Crippen LogP contribution in [0.4, 0.5) is 18.9 Å². The number of sulfonamides is 1. The van der Waals surface area contributed by atoms with Crippen LogP contribution in [0.5, 0.6) is 5.75 Å². The van der Waals surface area contributed by atoms with Gasteiger partial charge in [-0.3, -0.25) is 4.79 Å². The van der Waals surface area contributed by atoms with Gasteiger partial charge in [0.2, 0.25) is 10.0 Å². The normalized spacial score (nSPS) is 16.8. The van der Waals surface area contributed by atoms with Crippen LogP contribution in [0.25, 0.3) is 0 Å². The summed E-state index contributed by atoms with van der Waals surface area (Å²) in [5, 5.41) is 5.57. The molecule has 0 saturated heterocycles. The van der Waals surface area contributed by atoms with Gasteiger partial charge in [-0.15, -0.1) is 0 Å². The maximum Gasteiger partial charge on any atom is 0.416 e. The van der Waals surface area contributed by atoms with Crippen LogP contribution in [0.2, 0.25) is 0 Å². The molecule has 3 aromatic carbocycles.